The first-order valence-corrected chi connectivity index (χ1v) is 10.7. The molecule has 1 fully saturated rings. The number of aromatic nitrogens is 2. The van der Waals surface area contributed by atoms with Gasteiger partial charge in [-0.25, -0.2) is 4.39 Å². The fraction of sp³-hybridized carbons (Fsp3) is 0.400. The van der Waals surface area contributed by atoms with Crippen molar-refractivity contribution in [2.75, 3.05) is 19.7 Å². The predicted molar refractivity (Wildman–Crippen MR) is 118 cm³/mol. The Morgan fingerprint density at radius 3 is 2.73 bits per heavy atom. The van der Waals surface area contributed by atoms with E-state index in [-0.39, 0.29) is 17.8 Å². The second-order valence-electron chi connectivity index (χ2n) is 8.86. The van der Waals surface area contributed by atoms with E-state index in [1.54, 1.807) is 0 Å². The van der Waals surface area contributed by atoms with E-state index < -0.39 is 0 Å². The molecule has 4 rings (SSSR count). The summed E-state index contributed by atoms with van der Waals surface area (Å²) in [7, 11) is 0. The number of likely N-dealkylation sites (tertiary alicyclic amines) is 1. The van der Waals surface area contributed by atoms with E-state index in [0.717, 1.165) is 50.2 Å². The van der Waals surface area contributed by atoms with Gasteiger partial charge in [-0.1, -0.05) is 29.8 Å². The van der Waals surface area contributed by atoms with Gasteiger partial charge in [-0.15, -0.1) is 0 Å². The van der Waals surface area contributed by atoms with Gasteiger partial charge in [0.15, 0.2) is 0 Å². The number of nitrogens with zero attached hydrogens (tertiary/aromatic N) is 2. The molecule has 4 nitrogen and oxygen atoms in total. The normalized spacial score (nSPS) is 19.9. The molecule has 2 heterocycles. The minimum atomic E-state index is -0.221. The first kappa shape index (κ1) is 20.8. The number of aliphatic hydroxyl groups excluding tert-OH is 1. The molecular formula is C25H30FN3O. The van der Waals surface area contributed by atoms with Crippen LogP contribution in [-0.4, -0.2) is 39.9 Å². The van der Waals surface area contributed by atoms with Crippen LogP contribution >= 0.6 is 0 Å². The number of aromatic amines is 1. The van der Waals surface area contributed by atoms with Gasteiger partial charge in [0.1, 0.15) is 5.82 Å². The Morgan fingerprint density at radius 1 is 1.17 bits per heavy atom. The van der Waals surface area contributed by atoms with Gasteiger partial charge in [0, 0.05) is 29.6 Å². The molecule has 2 N–H and O–H groups in total. The van der Waals surface area contributed by atoms with E-state index in [0.29, 0.717) is 0 Å². The number of benzene rings is 2. The maximum Gasteiger partial charge on any atom is 0.123 e. The Bertz CT molecular complexity index is 998. The third kappa shape index (κ3) is 4.47. The molecule has 5 heteroatoms. The zero-order valence-corrected chi connectivity index (χ0v) is 17.8. The number of nitrogens with one attached hydrogen (secondary N) is 1. The van der Waals surface area contributed by atoms with Crippen molar-refractivity contribution in [2.24, 2.45) is 5.41 Å². The van der Waals surface area contributed by atoms with E-state index in [2.05, 4.69) is 47.1 Å². The monoisotopic (exact) mass is 407 g/mol. The van der Waals surface area contributed by atoms with E-state index in [9.17, 15) is 9.50 Å². The van der Waals surface area contributed by atoms with Crippen LogP contribution < -0.4 is 0 Å². The van der Waals surface area contributed by atoms with Crippen molar-refractivity contribution in [2.45, 2.75) is 39.7 Å². The van der Waals surface area contributed by atoms with Crippen LogP contribution in [-0.2, 0) is 13.0 Å². The molecule has 1 atom stereocenters. The van der Waals surface area contributed by atoms with E-state index >= 15 is 0 Å². The molecule has 3 aromatic rings. The van der Waals surface area contributed by atoms with Crippen molar-refractivity contribution >= 4 is 0 Å². The molecule has 30 heavy (non-hydrogen) atoms. The van der Waals surface area contributed by atoms with E-state index in [1.165, 1.54) is 34.4 Å². The van der Waals surface area contributed by atoms with Crippen molar-refractivity contribution in [1.29, 1.82) is 0 Å². The Labute approximate surface area is 177 Å². The zero-order chi connectivity index (χ0) is 21.1. The fourth-order valence-corrected chi connectivity index (χ4v) is 4.72. The van der Waals surface area contributed by atoms with Gasteiger partial charge in [-0.05, 0) is 69.0 Å². The van der Waals surface area contributed by atoms with Crippen molar-refractivity contribution in [3.63, 3.8) is 0 Å². The largest absolute Gasteiger partial charge is 0.396 e. The first-order valence-electron chi connectivity index (χ1n) is 10.7. The summed E-state index contributed by atoms with van der Waals surface area (Å²) in [4.78, 5) is 2.42. The summed E-state index contributed by atoms with van der Waals surface area (Å²) in [5.74, 6) is -0.221. The molecule has 158 valence electrons. The molecule has 0 spiro atoms. The summed E-state index contributed by atoms with van der Waals surface area (Å²) in [5.41, 5.74) is 6.79. The summed E-state index contributed by atoms with van der Waals surface area (Å²) in [6, 6.07) is 13.2. The number of aliphatic hydroxyl groups is 1. The summed E-state index contributed by atoms with van der Waals surface area (Å²) in [5, 5.41) is 17.8. The van der Waals surface area contributed by atoms with Crippen molar-refractivity contribution in [1.82, 2.24) is 15.1 Å². The number of hydrogen-bond donors (Lipinski definition) is 2. The average Bonchev–Trinajstić information content (AvgIpc) is 3.19. The average molecular weight is 408 g/mol. The third-order valence-electron chi connectivity index (χ3n) is 6.34. The minimum absolute atomic E-state index is 0.135. The number of aryl methyl sites for hydroxylation is 2. The van der Waals surface area contributed by atoms with Crippen molar-refractivity contribution < 1.29 is 9.50 Å². The predicted octanol–water partition coefficient (Wildman–Crippen LogP) is 4.65. The van der Waals surface area contributed by atoms with Gasteiger partial charge in [0.05, 0.1) is 18.5 Å². The quantitative estimate of drug-likeness (QED) is 0.625. The van der Waals surface area contributed by atoms with Gasteiger partial charge < -0.3 is 5.11 Å². The number of halogens is 1. The highest BCUT2D eigenvalue weighted by Gasteiger charge is 2.35. The second-order valence-corrected chi connectivity index (χ2v) is 8.86. The number of piperidine rings is 1. The van der Waals surface area contributed by atoms with Gasteiger partial charge in [0.2, 0.25) is 0 Å². The highest BCUT2D eigenvalue weighted by molar-refractivity contribution is 5.67. The lowest BCUT2D eigenvalue weighted by Gasteiger charge is -2.42. The highest BCUT2D eigenvalue weighted by atomic mass is 19.1. The Kier molecular flexibility index (Phi) is 6.02. The van der Waals surface area contributed by atoms with Crippen molar-refractivity contribution in [3.05, 3.63) is 76.7 Å². The topological polar surface area (TPSA) is 52.2 Å². The smallest absolute Gasteiger partial charge is 0.123 e. The molecule has 1 aromatic heterocycles. The molecule has 0 bridgehead atoms. The van der Waals surface area contributed by atoms with E-state index in [4.69, 9.17) is 0 Å². The van der Waals surface area contributed by atoms with Crippen LogP contribution in [0.4, 0.5) is 4.39 Å². The number of H-pyrrole nitrogens is 1. The number of hydrogen-bond acceptors (Lipinski definition) is 3. The number of rotatable bonds is 6. The van der Waals surface area contributed by atoms with Crippen LogP contribution in [0.3, 0.4) is 0 Å². The van der Waals surface area contributed by atoms with Crippen LogP contribution in [0.1, 0.15) is 35.1 Å². The Hall–Kier alpha value is -2.50. The van der Waals surface area contributed by atoms with E-state index in [1.807, 2.05) is 18.3 Å². The van der Waals surface area contributed by atoms with Crippen LogP contribution in [0, 0.1) is 25.1 Å². The van der Waals surface area contributed by atoms with Gasteiger partial charge >= 0.3 is 0 Å². The second kappa shape index (κ2) is 8.70. The van der Waals surface area contributed by atoms with Crippen LogP contribution in [0.25, 0.3) is 11.3 Å². The maximum atomic E-state index is 13.3. The molecule has 0 saturated carbocycles. The summed E-state index contributed by atoms with van der Waals surface area (Å²) < 4.78 is 13.3. The SMILES string of the molecule is Cc1ccc(C)c(-c2[nH]ncc2CN2CCCC(CO)(Cc3ccc(F)cc3)C2)c1. The lowest BCUT2D eigenvalue weighted by Crippen LogP contribution is -2.46. The lowest BCUT2D eigenvalue weighted by atomic mass is 9.75. The van der Waals surface area contributed by atoms with Crippen LogP contribution in [0.15, 0.2) is 48.7 Å². The first-order chi connectivity index (χ1) is 14.5. The standard InChI is InChI=1S/C25H30FN3O/c1-18-4-5-19(2)23(12-18)24-21(14-27-28-24)15-29-11-3-10-25(16-29,17-30)13-20-6-8-22(26)9-7-20/h4-9,12,14,30H,3,10-11,13,15-17H2,1-2H3,(H,27,28). The molecule has 0 radical (unpaired) electrons. The summed E-state index contributed by atoms with van der Waals surface area (Å²) in [6.45, 7) is 6.98. The summed E-state index contributed by atoms with van der Waals surface area (Å²) >= 11 is 0. The summed E-state index contributed by atoms with van der Waals surface area (Å²) in [6.07, 6.45) is 4.70. The molecule has 2 aromatic carbocycles. The zero-order valence-electron chi connectivity index (χ0n) is 17.8. The van der Waals surface area contributed by atoms with Gasteiger partial charge in [0.25, 0.3) is 0 Å². The molecule has 1 aliphatic rings. The van der Waals surface area contributed by atoms with Crippen LogP contribution in [0.5, 0.6) is 0 Å². The van der Waals surface area contributed by atoms with Crippen LogP contribution in [0.2, 0.25) is 0 Å². The lowest BCUT2D eigenvalue weighted by molar-refractivity contribution is 0.0289. The maximum absolute atomic E-state index is 13.3. The molecule has 0 amide bonds. The van der Waals surface area contributed by atoms with Gasteiger partial charge in [-0.3, -0.25) is 10.00 Å². The Morgan fingerprint density at radius 2 is 1.97 bits per heavy atom. The Balaban J connectivity index is 1.52. The molecule has 1 saturated heterocycles. The third-order valence-corrected chi connectivity index (χ3v) is 6.34. The van der Waals surface area contributed by atoms with Gasteiger partial charge in [-0.2, -0.15) is 5.10 Å². The molecule has 1 unspecified atom stereocenters. The van der Waals surface area contributed by atoms with Crippen molar-refractivity contribution in [3.8, 4) is 11.3 Å². The molecule has 1 aliphatic heterocycles. The molecule has 0 aliphatic carbocycles. The minimum Gasteiger partial charge on any atom is -0.396 e. The molecular weight excluding hydrogens is 377 g/mol. The highest BCUT2D eigenvalue weighted by Crippen LogP contribution is 2.35. The fourth-order valence-electron chi connectivity index (χ4n) is 4.72.